The molecule has 1 aliphatic rings. The van der Waals surface area contributed by atoms with Crippen LogP contribution >= 0.6 is 0 Å². The molecule has 0 fully saturated rings. The fraction of sp³-hybridized carbons (Fsp3) is 0.500. The van der Waals surface area contributed by atoms with E-state index in [-0.39, 0.29) is 11.5 Å². The highest BCUT2D eigenvalue weighted by atomic mass is 16.5. The van der Waals surface area contributed by atoms with Crippen molar-refractivity contribution in [1.29, 1.82) is 0 Å². The molecule has 0 aliphatic carbocycles. The van der Waals surface area contributed by atoms with Crippen LogP contribution < -0.4 is 4.74 Å². The molecule has 0 radical (unpaired) electrons. The number of Topliss-reactive ketones (excluding diaryl/α,β-unsaturated/α-hetero) is 1. The van der Waals surface area contributed by atoms with Crippen molar-refractivity contribution < 1.29 is 14.6 Å². The molecular formula is C14H18O3. The number of fused-ring (bicyclic) bond motifs is 1. The Morgan fingerprint density at radius 1 is 1.47 bits per heavy atom. The van der Waals surface area contributed by atoms with Gasteiger partial charge in [-0.15, -0.1) is 0 Å². The van der Waals surface area contributed by atoms with Gasteiger partial charge in [0, 0.05) is 5.56 Å². The third kappa shape index (κ3) is 2.02. The number of carbonyl (C=O) groups is 1. The number of ketones is 1. The second-order valence-electron chi connectivity index (χ2n) is 4.99. The van der Waals surface area contributed by atoms with Crippen molar-refractivity contribution in [2.24, 2.45) is 0 Å². The van der Waals surface area contributed by atoms with Crippen LogP contribution in [0.5, 0.6) is 11.5 Å². The predicted octanol–water partition coefficient (Wildman–Crippen LogP) is 3.22. The number of hydrogen-bond donors (Lipinski definition) is 1. The van der Waals surface area contributed by atoms with Gasteiger partial charge in [0.15, 0.2) is 5.78 Å². The Morgan fingerprint density at radius 2 is 2.18 bits per heavy atom. The average molecular weight is 234 g/mol. The molecule has 3 nitrogen and oxygen atoms in total. The highest BCUT2D eigenvalue weighted by Crippen LogP contribution is 2.40. The Morgan fingerprint density at radius 3 is 2.82 bits per heavy atom. The van der Waals surface area contributed by atoms with Gasteiger partial charge in [-0.25, -0.2) is 0 Å². The number of rotatable bonds is 2. The Bertz CT molecular complexity index is 465. The molecule has 1 unspecified atom stereocenters. The number of ether oxygens (including phenoxy) is 1. The van der Waals surface area contributed by atoms with Crippen molar-refractivity contribution in [2.45, 2.75) is 45.6 Å². The van der Waals surface area contributed by atoms with E-state index in [1.54, 1.807) is 19.1 Å². The third-order valence-corrected chi connectivity index (χ3v) is 3.34. The highest BCUT2D eigenvalue weighted by molar-refractivity contribution is 6.01. The minimum Gasteiger partial charge on any atom is -0.508 e. The topological polar surface area (TPSA) is 46.5 Å². The minimum absolute atomic E-state index is 0.102. The van der Waals surface area contributed by atoms with Crippen LogP contribution in [0.25, 0.3) is 0 Å². The maximum Gasteiger partial charge on any atom is 0.170 e. The summed E-state index contributed by atoms with van der Waals surface area (Å²) in [5, 5.41) is 9.67. The van der Waals surface area contributed by atoms with Crippen LogP contribution in [-0.4, -0.2) is 16.5 Å². The van der Waals surface area contributed by atoms with E-state index >= 15 is 0 Å². The Kier molecular flexibility index (Phi) is 2.86. The fourth-order valence-electron chi connectivity index (χ4n) is 2.42. The van der Waals surface area contributed by atoms with Crippen molar-refractivity contribution in [1.82, 2.24) is 0 Å². The van der Waals surface area contributed by atoms with E-state index in [4.69, 9.17) is 4.74 Å². The van der Waals surface area contributed by atoms with Gasteiger partial charge < -0.3 is 9.84 Å². The summed E-state index contributed by atoms with van der Waals surface area (Å²) >= 11 is 0. The number of carbonyl (C=O) groups excluding carboxylic acids is 1. The Balaban J connectivity index is 2.47. The first-order valence-corrected chi connectivity index (χ1v) is 6.01. The molecule has 92 valence electrons. The molecule has 1 aromatic carbocycles. The summed E-state index contributed by atoms with van der Waals surface area (Å²) in [6.07, 6.45) is 2.22. The monoisotopic (exact) mass is 234 g/mol. The van der Waals surface area contributed by atoms with Crippen molar-refractivity contribution in [3.05, 3.63) is 23.3 Å². The Labute approximate surface area is 101 Å². The van der Waals surface area contributed by atoms with Gasteiger partial charge in [-0.05, 0) is 32.4 Å². The lowest BCUT2D eigenvalue weighted by molar-refractivity contribution is 0.0458. The molecule has 1 aliphatic heterocycles. The van der Waals surface area contributed by atoms with E-state index < -0.39 is 5.60 Å². The molecule has 17 heavy (non-hydrogen) atoms. The zero-order valence-corrected chi connectivity index (χ0v) is 10.5. The van der Waals surface area contributed by atoms with Gasteiger partial charge in [0.2, 0.25) is 0 Å². The lowest BCUT2D eigenvalue weighted by Crippen LogP contribution is -2.39. The van der Waals surface area contributed by atoms with Gasteiger partial charge in [0.1, 0.15) is 17.1 Å². The quantitative estimate of drug-likeness (QED) is 0.854. The Hall–Kier alpha value is -1.51. The normalized spacial score (nSPS) is 23.1. The van der Waals surface area contributed by atoms with Crippen LogP contribution in [0, 0.1) is 6.92 Å². The second-order valence-corrected chi connectivity index (χ2v) is 4.99. The molecule has 0 saturated carbocycles. The maximum absolute atomic E-state index is 12.1. The lowest BCUT2D eigenvalue weighted by atomic mass is 9.87. The van der Waals surface area contributed by atoms with Crippen molar-refractivity contribution in [3.63, 3.8) is 0 Å². The van der Waals surface area contributed by atoms with Gasteiger partial charge in [-0.1, -0.05) is 13.3 Å². The van der Waals surface area contributed by atoms with Crippen molar-refractivity contribution >= 4 is 5.78 Å². The van der Waals surface area contributed by atoms with Gasteiger partial charge in [-0.3, -0.25) is 4.79 Å². The van der Waals surface area contributed by atoms with Crippen LogP contribution in [-0.2, 0) is 0 Å². The molecule has 1 atom stereocenters. The molecule has 1 aromatic rings. The number of phenols is 1. The first-order chi connectivity index (χ1) is 7.97. The average Bonchev–Trinajstić information content (AvgIpc) is 2.24. The van der Waals surface area contributed by atoms with Gasteiger partial charge in [0.05, 0.1) is 12.0 Å². The summed E-state index contributed by atoms with van der Waals surface area (Å²) in [5.41, 5.74) is 0.809. The molecule has 0 aromatic heterocycles. The number of aromatic hydroxyl groups is 1. The smallest absolute Gasteiger partial charge is 0.170 e. The van der Waals surface area contributed by atoms with Gasteiger partial charge >= 0.3 is 0 Å². The van der Waals surface area contributed by atoms with Crippen LogP contribution in [0.3, 0.4) is 0 Å². The van der Waals surface area contributed by atoms with Crippen molar-refractivity contribution in [2.75, 3.05) is 0 Å². The van der Waals surface area contributed by atoms with Crippen LogP contribution in [0.15, 0.2) is 12.1 Å². The van der Waals surface area contributed by atoms with Gasteiger partial charge in [-0.2, -0.15) is 0 Å². The fourth-order valence-corrected chi connectivity index (χ4v) is 2.42. The summed E-state index contributed by atoms with van der Waals surface area (Å²) in [6, 6.07) is 3.20. The van der Waals surface area contributed by atoms with Crippen molar-refractivity contribution in [3.8, 4) is 11.5 Å². The highest BCUT2D eigenvalue weighted by Gasteiger charge is 2.36. The molecule has 0 spiro atoms. The molecule has 0 saturated heterocycles. The first-order valence-electron chi connectivity index (χ1n) is 6.01. The third-order valence-electron chi connectivity index (χ3n) is 3.34. The van der Waals surface area contributed by atoms with E-state index in [1.807, 2.05) is 6.92 Å². The largest absolute Gasteiger partial charge is 0.508 e. The minimum atomic E-state index is -0.433. The number of hydrogen-bond acceptors (Lipinski definition) is 3. The molecule has 1 N–H and O–H groups in total. The van der Waals surface area contributed by atoms with Crippen LogP contribution in [0.4, 0.5) is 0 Å². The van der Waals surface area contributed by atoms with E-state index in [0.29, 0.717) is 23.3 Å². The van der Waals surface area contributed by atoms with Gasteiger partial charge in [0.25, 0.3) is 0 Å². The summed E-state index contributed by atoms with van der Waals surface area (Å²) in [4.78, 5) is 12.1. The molecule has 1 heterocycles. The standard InChI is InChI=1S/C14H18O3/c1-4-7-14(3)8-12(16)10-5-6-11(15)9(2)13(10)17-14/h5-6,15H,4,7-8H2,1-3H3. The molecule has 0 bridgehead atoms. The van der Waals surface area contributed by atoms with E-state index in [2.05, 4.69) is 6.92 Å². The molecular weight excluding hydrogens is 216 g/mol. The second kappa shape index (κ2) is 4.06. The zero-order valence-electron chi connectivity index (χ0n) is 10.5. The number of phenolic OH excluding ortho intramolecular Hbond substituents is 1. The lowest BCUT2D eigenvalue weighted by Gasteiger charge is -2.35. The van der Waals surface area contributed by atoms with Crippen LogP contribution in [0.1, 0.15) is 49.0 Å². The van der Waals surface area contributed by atoms with E-state index in [1.165, 1.54) is 0 Å². The number of benzene rings is 1. The van der Waals surface area contributed by atoms with E-state index in [9.17, 15) is 9.90 Å². The summed E-state index contributed by atoms with van der Waals surface area (Å²) in [6.45, 7) is 5.81. The van der Waals surface area contributed by atoms with Crippen LogP contribution in [0.2, 0.25) is 0 Å². The summed E-state index contributed by atoms with van der Waals surface area (Å²) < 4.78 is 5.96. The zero-order chi connectivity index (χ0) is 12.6. The molecule has 3 heteroatoms. The SMILES string of the molecule is CCCC1(C)CC(=O)c2ccc(O)c(C)c2O1. The molecule has 2 rings (SSSR count). The molecule has 0 amide bonds. The summed E-state index contributed by atoms with van der Waals surface area (Å²) in [7, 11) is 0. The van der Waals surface area contributed by atoms with E-state index in [0.717, 1.165) is 12.8 Å². The summed E-state index contributed by atoms with van der Waals surface area (Å²) in [5.74, 6) is 0.833. The predicted molar refractivity (Wildman–Crippen MR) is 65.7 cm³/mol. The first kappa shape index (κ1) is 12.0. The maximum atomic E-state index is 12.1.